The van der Waals surface area contributed by atoms with Crippen molar-refractivity contribution in [3.05, 3.63) is 108 Å². The summed E-state index contributed by atoms with van der Waals surface area (Å²) in [6, 6.07) is 32.1. The van der Waals surface area contributed by atoms with Gasteiger partial charge in [0, 0.05) is 66.4 Å². The molecule has 0 aliphatic carbocycles. The summed E-state index contributed by atoms with van der Waals surface area (Å²) in [5.41, 5.74) is 7.41. The van der Waals surface area contributed by atoms with Crippen molar-refractivity contribution in [2.45, 2.75) is 19.9 Å². The van der Waals surface area contributed by atoms with Gasteiger partial charge in [-0.05, 0) is 54.1 Å². The maximum Gasteiger partial charge on any atom is 0.0608 e. The molecule has 3 heterocycles. The van der Waals surface area contributed by atoms with E-state index in [0.717, 1.165) is 24.0 Å². The molecule has 0 aliphatic rings. The Kier molecular flexibility index (Phi) is 5.02. The fourth-order valence-corrected chi connectivity index (χ4v) is 5.44. The molecule has 0 amide bonds. The van der Waals surface area contributed by atoms with Crippen LogP contribution in [0.4, 0.5) is 0 Å². The second-order valence-electron chi connectivity index (χ2n) is 8.72. The van der Waals surface area contributed by atoms with E-state index >= 15 is 0 Å². The van der Waals surface area contributed by atoms with Gasteiger partial charge in [-0.3, -0.25) is 4.98 Å². The Hall–Kier alpha value is -3.46. The third-order valence-corrected chi connectivity index (χ3v) is 6.89. The van der Waals surface area contributed by atoms with Crippen molar-refractivity contribution < 1.29 is 20.1 Å². The zero-order valence-electron chi connectivity index (χ0n) is 18.7. The smallest absolute Gasteiger partial charge is 0.0608 e. The number of benzene rings is 4. The Morgan fingerprint density at radius 1 is 0.765 bits per heavy atom. The topological polar surface area (TPSA) is 22.2 Å². The number of fused-ring (bicyclic) bond motifs is 9. The van der Waals surface area contributed by atoms with Crippen molar-refractivity contribution in [3.63, 3.8) is 0 Å². The maximum absolute atomic E-state index is 4.58. The molecule has 0 spiro atoms. The van der Waals surface area contributed by atoms with E-state index in [1.165, 1.54) is 49.2 Å². The summed E-state index contributed by atoms with van der Waals surface area (Å²) in [4.78, 5) is 4.58. The molecule has 0 fully saturated rings. The standard InChI is InChI=1S/C30H22N3.Ir/c1-2-32-27-10-6-5-8-23(27)26-19-21(11-13-28(26)32)17-20-12-14-29-25(18-20)22-7-3-4-9-24(22)30-31-15-16-33(29)30;/h3-8,10-16,18-19H,2,17H2,1H3;/q-1;. The first-order valence-corrected chi connectivity index (χ1v) is 11.5. The summed E-state index contributed by atoms with van der Waals surface area (Å²) in [7, 11) is 0. The van der Waals surface area contributed by atoms with E-state index in [1.807, 2.05) is 18.5 Å². The summed E-state index contributed by atoms with van der Waals surface area (Å²) in [5, 5.41) is 6.19. The molecule has 7 rings (SSSR count). The van der Waals surface area contributed by atoms with Crippen molar-refractivity contribution in [2.24, 2.45) is 0 Å². The van der Waals surface area contributed by atoms with Gasteiger partial charge in [0.25, 0.3) is 0 Å². The first-order chi connectivity index (χ1) is 16.3. The molecule has 3 nitrogen and oxygen atoms in total. The molecule has 0 saturated carbocycles. The Labute approximate surface area is 211 Å². The van der Waals surface area contributed by atoms with Gasteiger partial charge in [-0.2, -0.15) is 0 Å². The van der Waals surface area contributed by atoms with Crippen molar-refractivity contribution >= 4 is 49.1 Å². The van der Waals surface area contributed by atoms with Gasteiger partial charge >= 0.3 is 0 Å². The fourth-order valence-electron chi connectivity index (χ4n) is 5.44. The van der Waals surface area contributed by atoms with Gasteiger partial charge in [0.15, 0.2) is 0 Å². The summed E-state index contributed by atoms with van der Waals surface area (Å²) in [6.45, 7) is 3.19. The number of nitrogens with zero attached hydrogens (tertiary/aromatic N) is 3. The van der Waals surface area contributed by atoms with Crippen LogP contribution in [0.2, 0.25) is 0 Å². The van der Waals surface area contributed by atoms with Gasteiger partial charge in [-0.1, -0.05) is 41.8 Å². The van der Waals surface area contributed by atoms with E-state index in [2.05, 4.69) is 99.7 Å². The number of hydrogen-bond acceptors (Lipinski definition) is 1. The van der Waals surface area contributed by atoms with Crippen LogP contribution in [-0.4, -0.2) is 14.0 Å². The molecule has 0 aliphatic heterocycles. The van der Waals surface area contributed by atoms with Crippen LogP contribution in [0, 0.1) is 6.07 Å². The number of hydrogen-bond donors (Lipinski definition) is 0. The van der Waals surface area contributed by atoms with Crippen molar-refractivity contribution in [1.82, 2.24) is 14.0 Å². The summed E-state index contributed by atoms with van der Waals surface area (Å²) in [5.74, 6) is 0. The van der Waals surface area contributed by atoms with Crippen LogP contribution in [-0.2, 0) is 33.1 Å². The Morgan fingerprint density at radius 3 is 2.29 bits per heavy atom. The molecule has 4 heteroatoms. The Morgan fingerprint density at radius 2 is 1.47 bits per heavy atom. The van der Waals surface area contributed by atoms with Gasteiger partial charge < -0.3 is 8.97 Å². The molecule has 1 radical (unpaired) electrons. The number of aromatic nitrogens is 3. The Balaban J connectivity index is 0.00000217. The molecule has 0 saturated heterocycles. The summed E-state index contributed by atoms with van der Waals surface area (Å²) in [6.07, 6.45) is 4.80. The van der Waals surface area contributed by atoms with E-state index < -0.39 is 0 Å². The molecular formula is C30H22IrN3-. The van der Waals surface area contributed by atoms with Crippen molar-refractivity contribution in [2.75, 3.05) is 0 Å². The molecule has 3 aromatic heterocycles. The summed E-state index contributed by atoms with van der Waals surface area (Å²) >= 11 is 0. The number of imidazole rings is 1. The molecular weight excluding hydrogens is 595 g/mol. The maximum atomic E-state index is 4.58. The predicted molar refractivity (Wildman–Crippen MR) is 137 cm³/mol. The number of para-hydroxylation sites is 1. The van der Waals surface area contributed by atoms with Gasteiger partial charge in [0.05, 0.1) is 5.65 Å². The molecule has 7 aromatic rings. The minimum atomic E-state index is 0. The van der Waals surface area contributed by atoms with E-state index in [0.29, 0.717) is 0 Å². The monoisotopic (exact) mass is 617 g/mol. The van der Waals surface area contributed by atoms with Crippen LogP contribution in [0.3, 0.4) is 0 Å². The predicted octanol–water partition coefficient (Wildman–Crippen LogP) is 7.16. The third-order valence-electron chi connectivity index (χ3n) is 6.89. The molecule has 0 bridgehead atoms. The van der Waals surface area contributed by atoms with Gasteiger partial charge in [0.1, 0.15) is 0 Å². The van der Waals surface area contributed by atoms with Crippen molar-refractivity contribution in [3.8, 4) is 0 Å². The van der Waals surface area contributed by atoms with Crippen LogP contribution in [0.15, 0.2) is 91.3 Å². The normalized spacial score (nSPS) is 11.7. The van der Waals surface area contributed by atoms with E-state index in [4.69, 9.17) is 0 Å². The van der Waals surface area contributed by atoms with Gasteiger partial charge in [-0.25, -0.2) is 0 Å². The first-order valence-electron chi connectivity index (χ1n) is 11.5. The van der Waals surface area contributed by atoms with Crippen LogP contribution in [0.5, 0.6) is 0 Å². The minimum Gasteiger partial charge on any atom is -0.341 e. The second-order valence-corrected chi connectivity index (χ2v) is 8.72. The Bertz CT molecular complexity index is 1840. The number of rotatable bonds is 3. The van der Waals surface area contributed by atoms with Crippen molar-refractivity contribution in [1.29, 1.82) is 0 Å². The molecule has 4 aromatic carbocycles. The molecule has 167 valence electrons. The summed E-state index contributed by atoms with van der Waals surface area (Å²) < 4.78 is 4.58. The average Bonchev–Trinajstić information content (AvgIpc) is 3.47. The van der Waals surface area contributed by atoms with Crippen LogP contribution >= 0.6 is 0 Å². The van der Waals surface area contributed by atoms with Crippen LogP contribution in [0.25, 0.3) is 49.1 Å². The van der Waals surface area contributed by atoms with Crippen LogP contribution in [0.1, 0.15) is 18.1 Å². The quantitative estimate of drug-likeness (QED) is 0.153. The molecule has 0 unspecified atom stereocenters. The average molecular weight is 617 g/mol. The number of aryl methyl sites for hydroxylation is 1. The van der Waals surface area contributed by atoms with Gasteiger partial charge in [0.2, 0.25) is 0 Å². The number of pyridine rings is 1. The molecule has 0 atom stereocenters. The minimum absolute atomic E-state index is 0. The van der Waals surface area contributed by atoms with Gasteiger partial charge in [-0.15, -0.1) is 29.7 Å². The zero-order valence-corrected chi connectivity index (χ0v) is 21.1. The third kappa shape index (κ3) is 3.03. The van der Waals surface area contributed by atoms with E-state index in [9.17, 15) is 0 Å². The SMILES string of the molecule is CCn1c2ccccc2c2cc(Cc3ccc4c(c3)c3ccc[c-]c3c3nccn43)ccc21.[Ir]. The second kappa shape index (κ2) is 8.09. The van der Waals surface area contributed by atoms with E-state index in [-0.39, 0.29) is 20.1 Å². The molecule has 34 heavy (non-hydrogen) atoms. The van der Waals surface area contributed by atoms with E-state index in [1.54, 1.807) is 0 Å². The van der Waals surface area contributed by atoms with Crippen LogP contribution < -0.4 is 0 Å². The largest absolute Gasteiger partial charge is 0.341 e. The first kappa shape index (κ1) is 21.1. The molecule has 0 N–H and O–H groups in total. The zero-order chi connectivity index (χ0) is 21.9. The fraction of sp³-hybridized carbons (Fsp3) is 0.100.